The molecule has 2 aliphatic carbocycles. The molecule has 1 aromatic rings. The number of hydrogen-bond acceptors (Lipinski definition) is 1. The lowest BCUT2D eigenvalue weighted by Gasteiger charge is -2.34. The van der Waals surface area contributed by atoms with Gasteiger partial charge >= 0.3 is 6.18 Å². The summed E-state index contributed by atoms with van der Waals surface area (Å²) in [5, 5.41) is 6.16. The molecule has 2 aliphatic rings. The molecule has 1 aromatic heterocycles. The minimum Gasteiger partial charge on any atom is -0.281 e. The maximum absolute atomic E-state index is 12.9. The van der Waals surface area contributed by atoms with Crippen molar-refractivity contribution in [1.82, 2.24) is 10.2 Å². The van der Waals surface area contributed by atoms with Crippen LogP contribution in [0.5, 0.6) is 0 Å². The fourth-order valence-corrected chi connectivity index (χ4v) is 3.78. The van der Waals surface area contributed by atoms with Gasteiger partial charge in [-0.05, 0) is 24.2 Å². The maximum Gasteiger partial charge on any atom is 0.435 e. The number of nitrogens with one attached hydrogen (secondary N) is 1. The first kappa shape index (κ1) is 11.1. The number of aromatic nitrogens is 2. The zero-order valence-electron chi connectivity index (χ0n) is 10.1. The van der Waals surface area contributed by atoms with Crippen LogP contribution >= 0.6 is 0 Å². The van der Waals surface area contributed by atoms with Crippen LogP contribution in [0.4, 0.5) is 13.2 Å². The number of nitrogens with zero attached hydrogens (tertiary/aromatic N) is 1. The van der Waals surface area contributed by atoms with Gasteiger partial charge < -0.3 is 0 Å². The van der Waals surface area contributed by atoms with Crippen LogP contribution in [-0.2, 0) is 11.6 Å². The molecule has 0 aromatic carbocycles. The van der Waals surface area contributed by atoms with E-state index in [4.69, 9.17) is 0 Å². The van der Waals surface area contributed by atoms with E-state index in [1.807, 2.05) is 0 Å². The van der Waals surface area contributed by atoms with E-state index in [2.05, 4.69) is 31.0 Å². The second-order valence-electron chi connectivity index (χ2n) is 6.00. The summed E-state index contributed by atoms with van der Waals surface area (Å²) in [5.41, 5.74) is 0.136. The van der Waals surface area contributed by atoms with Gasteiger partial charge in [0, 0.05) is 16.7 Å². The zero-order valence-corrected chi connectivity index (χ0v) is 10.1. The number of halogens is 3. The Balaban J connectivity index is 2.24. The molecule has 5 heteroatoms. The maximum atomic E-state index is 12.9. The molecule has 0 amide bonds. The van der Waals surface area contributed by atoms with Crippen LogP contribution in [0, 0.1) is 5.41 Å². The van der Waals surface area contributed by atoms with E-state index in [0.717, 1.165) is 12.8 Å². The first-order valence-electron chi connectivity index (χ1n) is 5.85. The summed E-state index contributed by atoms with van der Waals surface area (Å²) in [6.45, 7) is 6.19. The highest BCUT2D eigenvalue weighted by Crippen LogP contribution is 2.68. The fraction of sp³-hybridized carbons (Fsp3) is 0.750. The SMILES string of the molecule is CC1(C)[C@H]2CC[C@]1(C)c1[nH]nc(C(F)(F)F)c12. The molecule has 0 aliphatic heterocycles. The van der Waals surface area contributed by atoms with Crippen LogP contribution in [0.1, 0.15) is 56.5 Å². The Bertz CT molecular complexity index is 486. The van der Waals surface area contributed by atoms with E-state index in [1.165, 1.54) is 0 Å². The van der Waals surface area contributed by atoms with E-state index in [9.17, 15) is 13.2 Å². The number of fused-ring (bicyclic) bond motifs is 5. The minimum absolute atomic E-state index is 0.0159. The van der Waals surface area contributed by atoms with E-state index in [0.29, 0.717) is 11.3 Å². The summed E-state index contributed by atoms with van der Waals surface area (Å²) in [4.78, 5) is 0. The summed E-state index contributed by atoms with van der Waals surface area (Å²) in [6.07, 6.45) is -2.57. The highest BCUT2D eigenvalue weighted by atomic mass is 19.4. The lowest BCUT2D eigenvalue weighted by molar-refractivity contribution is -0.142. The van der Waals surface area contributed by atoms with Crippen LogP contribution in [0.2, 0.25) is 0 Å². The number of H-pyrrole nitrogens is 1. The molecule has 0 radical (unpaired) electrons. The van der Waals surface area contributed by atoms with Crippen molar-refractivity contribution in [2.75, 3.05) is 0 Å². The molecule has 3 rings (SSSR count). The average Bonchev–Trinajstić information content (AvgIpc) is 2.73. The van der Waals surface area contributed by atoms with Gasteiger partial charge in [0.15, 0.2) is 5.69 Å². The van der Waals surface area contributed by atoms with Gasteiger partial charge in [-0.3, -0.25) is 5.10 Å². The molecule has 1 N–H and O–H groups in total. The molecule has 0 saturated heterocycles. The molecular weight excluding hydrogens is 229 g/mol. The molecule has 0 spiro atoms. The fourth-order valence-electron chi connectivity index (χ4n) is 3.78. The van der Waals surface area contributed by atoms with Crippen molar-refractivity contribution in [2.24, 2.45) is 5.41 Å². The van der Waals surface area contributed by atoms with Gasteiger partial charge in [0.05, 0.1) is 0 Å². The van der Waals surface area contributed by atoms with E-state index in [-0.39, 0.29) is 16.7 Å². The van der Waals surface area contributed by atoms with Crippen LogP contribution in [0.3, 0.4) is 0 Å². The van der Waals surface area contributed by atoms with Gasteiger partial charge in [0.25, 0.3) is 0 Å². The van der Waals surface area contributed by atoms with Gasteiger partial charge in [-0.25, -0.2) is 0 Å². The van der Waals surface area contributed by atoms with Crippen molar-refractivity contribution in [3.8, 4) is 0 Å². The Kier molecular flexibility index (Phi) is 1.76. The van der Waals surface area contributed by atoms with E-state index < -0.39 is 11.9 Å². The van der Waals surface area contributed by atoms with Crippen molar-refractivity contribution in [3.05, 3.63) is 17.0 Å². The van der Waals surface area contributed by atoms with Gasteiger partial charge in [0.1, 0.15) is 0 Å². The summed E-state index contributed by atoms with van der Waals surface area (Å²) < 4.78 is 38.7. The van der Waals surface area contributed by atoms with Crippen molar-refractivity contribution >= 4 is 0 Å². The Morgan fingerprint density at radius 2 is 1.94 bits per heavy atom. The Morgan fingerprint density at radius 3 is 2.53 bits per heavy atom. The summed E-state index contributed by atoms with van der Waals surface area (Å²) >= 11 is 0. The quantitative estimate of drug-likeness (QED) is 0.742. The van der Waals surface area contributed by atoms with Crippen LogP contribution in [0.15, 0.2) is 0 Å². The molecule has 0 unspecified atom stereocenters. The van der Waals surface area contributed by atoms with Gasteiger partial charge in [-0.1, -0.05) is 20.8 Å². The molecule has 1 saturated carbocycles. The Labute approximate surface area is 97.6 Å². The molecule has 17 heavy (non-hydrogen) atoms. The van der Waals surface area contributed by atoms with E-state index in [1.54, 1.807) is 0 Å². The smallest absolute Gasteiger partial charge is 0.281 e. The summed E-state index contributed by atoms with van der Waals surface area (Å²) in [6, 6.07) is 0. The number of alkyl halides is 3. The Hall–Kier alpha value is -1.00. The number of hydrogen-bond donors (Lipinski definition) is 1. The standard InChI is InChI=1S/C12H15F3N2/c1-10(2)6-4-5-11(10,3)8-7(6)9(17-16-8)12(13,14)15/h6H,4-5H2,1-3H3,(H,16,17)/t6-,11+/m0/s1. The first-order valence-corrected chi connectivity index (χ1v) is 5.85. The van der Waals surface area contributed by atoms with E-state index >= 15 is 0 Å². The molecule has 1 fully saturated rings. The second-order valence-corrected chi connectivity index (χ2v) is 6.00. The van der Waals surface area contributed by atoms with Crippen molar-refractivity contribution < 1.29 is 13.2 Å². The van der Waals surface area contributed by atoms with Crippen LogP contribution in [0.25, 0.3) is 0 Å². The number of aromatic amines is 1. The molecule has 1 heterocycles. The van der Waals surface area contributed by atoms with Gasteiger partial charge in [0.2, 0.25) is 0 Å². The topological polar surface area (TPSA) is 28.7 Å². The summed E-state index contributed by atoms with van der Waals surface area (Å²) in [5.74, 6) is -0.0159. The minimum atomic E-state index is -4.35. The average molecular weight is 244 g/mol. The molecular formula is C12H15F3N2. The third-order valence-electron chi connectivity index (χ3n) is 5.20. The highest BCUT2D eigenvalue weighted by molar-refractivity contribution is 5.48. The molecule has 2 nitrogen and oxygen atoms in total. The van der Waals surface area contributed by atoms with Crippen LogP contribution in [-0.4, -0.2) is 10.2 Å². The second kappa shape index (κ2) is 2.70. The molecule has 2 bridgehead atoms. The largest absolute Gasteiger partial charge is 0.435 e. The molecule has 94 valence electrons. The number of rotatable bonds is 0. The first-order chi connectivity index (χ1) is 7.69. The predicted octanol–water partition coefficient (Wildman–Crippen LogP) is 3.60. The van der Waals surface area contributed by atoms with Gasteiger partial charge in [-0.2, -0.15) is 18.3 Å². The highest BCUT2D eigenvalue weighted by Gasteiger charge is 2.63. The third kappa shape index (κ3) is 1.06. The zero-order chi connectivity index (χ0) is 12.6. The normalized spacial score (nSPS) is 34.1. The van der Waals surface area contributed by atoms with Crippen molar-refractivity contribution in [2.45, 2.75) is 51.1 Å². The summed E-state index contributed by atoms with van der Waals surface area (Å²) in [7, 11) is 0. The van der Waals surface area contributed by atoms with Crippen molar-refractivity contribution in [3.63, 3.8) is 0 Å². The monoisotopic (exact) mass is 244 g/mol. The lowest BCUT2D eigenvalue weighted by Crippen LogP contribution is -2.32. The van der Waals surface area contributed by atoms with Gasteiger partial charge in [-0.15, -0.1) is 0 Å². The van der Waals surface area contributed by atoms with Crippen LogP contribution < -0.4 is 0 Å². The third-order valence-corrected chi connectivity index (χ3v) is 5.20. The Morgan fingerprint density at radius 1 is 1.29 bits per heavy atom. The lowest BCUT2D eigenvalue weighted by atomic mass is 9.70. The molecule has 2 atom stereocenters. The van der Waals surface area contributed by atoms with Crippen molar-refractivity contribution in [1.29, 1.82) is 0 Å². The predicted molar refractivity (Wildman–Crippen MR) is 56.7 cm³/mol.